The molecule has 124 valence electrons. The zero-order valence-corrected chi connectivity index (χ0v) is 13.3. The number of imidazole rings is 1. The number of nitrogens with one attached hydrogen (secondary N) is 1. The summed E-state index contributed by atoms with van der Waals surface area (Å²) in [5.74, 6) is 0.492. The van der Waals surface area contributed by atoms with Gasteiger partial charge in [-0.2, -0.15) is 4.98 Å². The van der Waals surface area contributed by atoms with Crippen molar-refractivity contribution in [2.45, 2.75) is 6.92 Å². The number of carbonyl (C=O) groups is 1. The lowest BCUT2D eigenvalue weighted by Crippen LogP contribution is -2.50. The zero-order chi connectivity index (χ0) is 16.4. The highest BCUT2D eigenvalue weighted by Gasteiger charge is 2.23. The Hall–Kier alpha value is -2.42. The molecule has 1 saturated heterocycles. The number of amides is 1. The summed E-state index contributed by atoms with van der Waals surface area (Å²) < 4.78 is 6.80. The van der Waals surface area contributed by atoms with Crippen LogP contribution in [0.4, 0.5) is 5.95 Å². The van der Waals surface area contributed by atoms with Crippen molar-refractivity contribution in [3.8, 4) is 0 Å². The summed E-state index contributed by atoms with van der Waals surface area (Å²) in [6.45, 7) is 4.89. The predicted molar refractivity (Wildman–Crippen MR) is 84.4 cm³/mol. The van der Waals surface area contributed by atoms with Gasteiger partial charge < -0.3 is 19.1 Å². The number of H-pyrrole nitrogens is 1. The van der Waals surface area contributed by atoms with E-state index in [1.165, 1.54) is 0 Å². The highest BCUT2D eigenvalue weighted by Crippen LogP contribution is 2.12. The van der Waals surface area contributed by atoms with E-state index in [1.807, 2.05) is 11.8 Å². The van der Waals surface area contributed by atoms with Gasteiger partial charge in [-0.1, -0.05) is 0 Å². The topological polar surface area (TPSA) is 96.3 Å². The molecule has 1 aliphatic rings. The zero-order valence-electron chi connectivity index (χ0n) is 13.3. The molecule has 0 saturated carbocycles. The van der Waals surface area contributed by atoms with Gasteiger partial charge in [-0.3, -0.25) is 14.6 Å². The van der Waals surface area contributed by atoms with Gasteiger partial charge in [0.05, 0.1) is 6.33 Å². The molecule has 0 aromatic carbocycles. The van der Waals surface area contributed by atoms with Gasteiger partial charge in [-0.05, 0) is 6.92 Å². The van der Waals surface area contributed by atoms with E-state index in [-0.39, 0.29) is 18.1 Å². The molecular weight excluding hydrogens is 300 g/mol. The van der Waals surface area contributed by atoms with Crippen LogP contribution < -0.4 is 10.5 Å². The summed E-state index contributed by atoms with van der Waals surface area (Å²) in [5, 5.41) is 0. The maximum absolute atomic E-state index is 12.2. The highest BCUT2D eigenvalue weighted by atomic mass is 16.5. The fourth-order valence-electron chi connectivity index (χ4n) is 2.65. The van der Waals surface area contributed by atoms with Crippen molar-refractivity contribution in [2.75, 3.05) is 44.3 Å². The largest absolute Gasteiger partial charge is 0.372 e. The van der Waals surface area contributed by atoms with Gasteiger partial charge in [0.1, 0.15) is 6.61 Å². The molecule has 0 radical (unpaired) electrons. The van der Waals surface area contributed by atoms with Gasteiger partial charge in [0.25, 0.3) is 5.56 Å². The van der Waals surface area contributed by atoms with Gasteiger partial charge in [-0.15, -0.1) is 0 Å². The monoisotopic (exact) mass is 320 g/mol. The Morgan fingerprint density at radius 3 is 2.78 bits per heavy atom. The van der Waals surface area contributed by atoms with Gasteiger partial charge in [-0.25, -0.2) is 4.98 Å². The average molecular weight is 320 g/mol. The number of hydrogen-bond donors (Lipinski definition) is 1. The van der Waals surface area contributed by atoms with Crippen LogP contribution in [0.1, 0.15) is 6.92 Å². The molecule has 0 atom stereocenters. The molecule has 0 spiro atoms. The molecule has 9 heteroatoms. The second-order valence-corrected chi connectivity index (χ2v) is 5.42. The van der Waals surface area contributed by atoms with E-state index >= 15 is 0 Å². The van der Waals surface area contributed by atoms with Crippen molar-refractivity contribution < 1.29 is 9.53 Å². The lowest BCUT2D eigenvalue weighted by Gasteiger charge is -2.34. The van der Waals surface area contributed by atoms with Gasteiger partial charge in [0.2, 0.25) is 11.9 Å². The second kappa shape index (κ2) is 6.37. The number of aromatic nitrogens is 4. The normalized spacial score (nSPS) is 15.4. The quantitative estimate of drug-likeness (QED) is 0.803. The first-order valence-corrected chi connectivity index (χ1v) is 7.62. The molecule has 3 heterocycles. The first-order valence-electron chi connectivity index (χ1n) is 7.62. The van der Waals surface area contributed by atoms with Crippen LogP contribution in [0.3, 0.4) is 0 Å². The molecular formula is C14H20N6O3. The minimum Gasteiger partial charge on any atom is -0.372 e. The van der Waals surface area contributed by atoms with Gasteiger partial charge in [0.15, 0.2) is 11.2 Å². The highest BCUT2D eigenvalue weighted by molar-refractivity contribution is 5.77. The Morgan fingerprint density at radius 2 is 2.09 bits per heavy atom. The number of fused-ring (bicyclic) bond motifs is 1. The van der Waals surface area contributed by atoms with Crippen LogP contribution in [0.25, 0.3) is 11.2 Å². The first kappa shape index (κ1) is 15.5. The minimum atomic E-state index is -0.208. The number of rotatable bonds is 4. The van der Waals surface area contributed by atoms with E-state index in [0.29, 0.717) is 49.9 Å². The summed E-state index contributed by atoms with van der Waals surface area (Å²) in [5.41, 5.74) is 0.681. The maximum atomic E-state index is 12.2. The minimum absolute atomic E-state index is 0.00636. The lowest BCUT2D eigenvalue weighted by molar-refractivity contribution is -0.136. The molecule has 3 rings (SSSR count). The van der Waals surface area contributed by atoms with Crippen LogP contribution in [0.5, 0.6) is 0 Å². The Bertz CT molecular complexity index is 759. The van der Waals surface area contributed by atoms with Crippen molar-refractivity contribution >= 4 is 23.0 Å². The number of ether oxygens (including phenoxy) is 1. The summed E-state index contributed by atoms with van der Waals surface area (Å²) >= 11 is 0. The maximum Gasteiger partial charge on any atom is 0.278 e. The SMILES string of the molecule is CCOCC(=O)N1CCN(c2nc3ncn(C)c3c(=O)[nH]2)CC1. The molecule has 1 aliphatic heterocycles. The third kappa shape index (κ3) is 3.04. The van der Waals surface area contributed by atoms with Crippen LogP contribution in [-0.4, -0.2) is 69.7 Å². The molecule has 1 amide bonds. The molecule has 0 unspecified atom stereocenters. The van der Waals surface area contributed by atoms with Crippen molar-refractivity contribution in [3.05, 3.63) is 16.7 Å². The lowest BCUT2D eigenvalue weighted by atomic mass is 10.3. The van der Waals surface area contributed by atoms with Crippen LogP contribution in [-0.2, 0) is 16.6 Å². The summed E-state index contributed by atoms with van der Waals surface area (Å²) in [7, 11) is 1.76. The number of aromatic amines is 1. The smallest absolute Gasteiger partial charge is 0.278 e. The molecule has 2 aromatic heterocycles. The van der Waals surface area contributed by atoms with Crippen LogP contribution >= 0.6 is 0 Å². The summed E-state index contributed by atoms with van der Waals surface area (Å²) in [6, 6.07) is 0. The van der Waals surface area contributed by atoms with E-state index in [2.05, 4.69) is 15.0 Å². The van der Waals surface area contributed by atoms with E-state index < -0.39 is 0 Å². The molecule has 1 fully saturated rings. The van der Waals surface area contributed by atoms with Gasteiger partial charge >= 0.3 is 0 Å². The molecule has 0 aliphatic carbocycles. The van der Waals surface area contributed by atoms with Crippen molar-refractivity contribution in [2.24, 2.45) is 7.05 Å². The van der Waals surface area contributed by atoms with Crippen molar-refractivity contribution in [1.82, 2.24) is 24.4 Å². The van der Waals surface area contributed by atoms with Crippen LogP contribution in [0.15, 0.2) is 11.1 Å². The fourth-order valence-corrected chi connectivity index (χ4v) is 2.65. The number of carbonyl (C=O) groups excluding carboxylic acids is 1. The predicted octanol–water partition coefficient (Wildman–Crippen LogP) is -0.658. The summed E-state index contributed by atoms with van der Waals surface area (Å²) in [4.78, 5) is 39.1. The number of hydrogen-bond acceptors (Lipinski definition) is 6. The van der Waals surface area contributed by atoms with Crippen LogP contribution in [0, 0.1) is 0 Å². The van der Waals surface area contributed by atoms with Crippen molar-refractivity contribution in [1.29, 1.82) is 0 Å². The fraction of sp³-hybridized carbons (Fsp3) is 0.571. The van der Waals surface area contributed by atoms with E-state index in [1.54, 1.807) is 22.8 Å². The Labute approximate surface area is 132 Å². The van der Waals surface area contributed by atoms with E-state index in [4.69, 9.17) is 4.74 Å². The van der Waals surface area contributed by atoms with E-state index in [9.17, 15) is 9.59 Å². The number of nitrogens with zero attached hydrogens (tertiary/aromatic N) is 5. The molecule has 0 bridgehead atoms. The first-order chi connectivity index (χ1) is 11.1. The van der Waals surface area contributed by atoms with Crippen molar-refractivity contribution in [3.63, 3.8) is 0 Å². The molecule has 9 nitrogen and oxygen atoms in total. The number of anilines is 1. The summed E-state index contributed by atoms with van der Waals surface area (Å²) in [6.07, 6.45) is 1.57. The third-order valence-electron chi connectivity index (χ3n) is 3.93. The standard InChI is InChI=1S/C14H20N6O3/c1-3-23-8-10(21)19-4-6-20(7-5-19)14-16-12-11(13(22)17-14)18(2)9-15-12/h9H,3-8H2,1-2H3,(H,16,17,22). The third-order valence-corrected chi connectivity index (χ3v) is 3.93. The number of piperazine rings is 1. The second-order valence-electron chi connectivity index (χ2n) is 5.42. The Morgan fingerprint density at radius 1 is 1.35 bits per heavy atom. The Balaban J connectivity index is 1.70. The van der Waals surface area contributed by atoms with Crippen LogP contribution in [0.2, 0.25) is 0 Å². The molecule has 1 N–H and O–H groups in total. The Kier molecular flexibility index (Phi) is 4.28. The molecule has 2 aromatic rings. The van der Waals surface area contributed by atoms with E-state index in [0.717, 1.165) is 0 Å². The number of aryl methyl sites for hydroxylation is 1. The molecule has 23 heavy (non-hydrogen) atoms. The average Bonchev–Trinajstić information content (AvgIpc) is 2.94. The van der Waals surface area contributed by atoms with Gasteiger partial charge in [0, 0.05) is 39.8 Å².